The molecule has 2 aromatic rings. The lowest BCUT2D eigenvalue weighted by atomic mass is 10.1. The summed E-state index contributed by atoms with van der Waals surface area (Å²) in [5.41, 5.74) is 6.83. The third kappa shape index (κ3) is 3.27. The van der Waals surface area contributed by atoms with Crippen molar-refractivity contribution >= 4 is 21.5 Å². The van der Waals surface area contributed by atoms with Crippen molar-refractivity contribution in [1.82, 2.24) is 10.2 Å². The zero-order valence-electron chi connectivity index (χ0n) is 12.0. The molecule has 2 rings (SSSR count). The fourth-order valence-electron chi connectivity index (χ4n) is 1.76. The number of anilines is 2. The van der Waals surface area contributed by atoms with Crippen LogP contribution in [0, 0.1) is 0 Å². The maximum Gasteiger partial charge on any atom is 0.263 e. The number of aromatic amines is 1. The average molecular weight is 310 g/mol. The normalized spacial score (nSPS) is 11.6. The highest BCUT2D eigenvalue weighted by molar-refractivity contribution is 7.92. The highest BCUT2D eigenvalue weighted by atomic mass is 32.2. The molecule has 1 aromatic carbocycles. The first-order valence-corrected chi connectivity index (χ1v) is 7.83. The number of sulfonamides is 1. The predicted octanol–water partition coefficient (Wildman–Crippen LogP) is 1.92. The summed E-state index contributed by atoms with van der Waals surface area (Å²) >= 11 is 0. The lowest BCUT2D eigenvalue weighted by molar-refractivity contribution is 0.416. The quantitative estimate of drug-likeness (QED) is 0.731. The molecule has 0 aliphatic carbocycles. The summed E-state index contributed by atoms with van der Waals surface area (Å²) in [6, 6.07) is 5.94. The average Bonchev–Trinajstić information content (AvgIpc) is 2.86. The first kappa shape index (κ1) is 15.2. The molecule has 0 amide bonds. The molecule has 0 bridgehead atoms. The van der Waals surface area contributed by atoms with Crippen LogP contribution in [0.25, 0.3) is 0 Å². The van der Waals surface area contributed by atoms with E-state index in [0.29, 0.717) is 5.75 Å². The van der Waals surface area contributed by atoms with Gasteiger partial charge in [-0.25, -0.2) is 8.42 Å². The summed E-state index contributed by atoms with van der Waals surface area (Å²) < 4.78 is 32.0. The van der Waals surface area contributed by atoms with Crippen LogP contribution in [0.4, 0.5) is 11.5 Å². The maximum atomic E-state index is 12.3. The second-order valence-corrected chi connectivity index (χ2v) is 6.55. The first-order valence-electron chi connectivity index (χ1n) is 6.35. The summed E-state index contributed by atoms with van der Waals surface area (Å²) in [7, 11) is -2.27. The number of ether oxygens (including phenoxy) is 1. The number of nitrogens with two attached hydrogens (primary N) is 1. The smallest absolute Gasteiger partial charge is 0.263 e. The van der Waals surface area contributed by atoms with Crippen LogP contribution in [0.3, 0.4) is 0 Å². The first-order chi connectivity index (χ1) is 9.83. The van der Waals surface area contributed by atoms with E-state index in [9.17, 15) is 8.42 Å². The Bertz CT molecular complexity index is 738. The highest BCUT2D eigenvalue weighted by Crippen LogP contribution is 2.25. The minimum absolute atomic E-state index is 0.0508. The standard InChI is InChI=1S/C13H18N4O3S/c1-8(2)11-7-13(16-15-11)17-21(18,19)9-4-5-12(20-3)10(14)6-9/h4-8H,14H2,1-3H3,(H2,15,16,17). The van der Waals surface area contributed by atoms with Gasteiger partial charge in [-0.3, -0.25) is 9.82 Å². The molecule has 0 radical (unpaired) electrons. The lowest BCUT2D eigenvalue weighted by Crippen LogP contribution is -2.13. The van der Waals surface area contributed by atoms with Crippen molar-refractivity contribution in [2.24, 2.45) is 0 Å². The van der Waals surface area contributed by atoms with E-state index in [4.69, 9.17) is 10.5 Å². The fraction of sp³-hybridized carbons (Fsp3) is 0.308. The Morgan fingerprint density at radius 2 is 2.05 bits per heavy atom. The summed E-state index contributed by atoms with van der Waals surface area (Å²) in [6.45, 7) is 3.96. The Morgan fingerprint density at radius 1 is 1.33 bits per heavy atom. The zero-order valence-corrected chi connectivity index (χ0v) is 12.9. The van der Waals surface area contributed by atoms with Gasteiger partial charge < -0.3 is 10.5 Å². The van der Waals surface area contributed by atoms with Crippen LogP contribution >= 0.6 is 0 Å². The molecule has 0 fully saturated rings. The number of methoxy groups -OCH3 is 1. The third-order valence-electron chi connectivity index (χ3n) is 2.97. The van der Waals surface area contributed by atoms with E-state index < -0.39 is 10.0 Å². The van der Waals surface area contributed by atoms with E-state index in [-0.39, 0.29) is 22.3 Å². The van der Waals surface area contributed by atoms with Crippen LogP contribution in [0.1, 0.15) is 25.5 Å². The Hall–Kier alpha value is -2.22. The van der Waals surface area contributed by atoms with Crippen molar-refractivity contribution in [3.8, 4) is 5.75 Å². The second kappa shape index (κ2) is 5.65. The van der Waals surface area contributed by atoms with E-state index in [2.05, 4.69) is 14.9 Å². The molecule has 114 valence electrons. The Morgan fingerprint density at radius 3 is 2.57 bits per heavy atom. The van der Waals surface area contributed by atoms with E-state index in [1.54, 1.807) is 6.07 Å². The number of benzene rings is 1. The van der Waals surface area contributed by atoms with Gasteiger partial charge in [0.15, 0.2) is 5.82 Å². The van der Waals surface area contributed by atoms with Crippen molar-refractivity contribution in [3.63, 3.8) is 0 Å². The number of aromatic nitrogens is 2. The molecule has 21 heavy (non-hydrogen) atoms. The molecular formula is C13H18N4O3S. The summed E-state index contributed by atoms with van der Waals surface area (Å²) in [4.78, 5) is 0.0508. The van der Waals surface area contributed by atoms with Crippen LogP contribution in [-0.2, 0) is 10.0 Å². The molecule has 0 saturated heterocycles. The van der Waals surface area contributed by atoms with Crippen molar-refractivity contribution in [3.05, 3.63) is 30.0 Å². The molecule has 8 heteroatoms. The second-order valence-electron chi connectivity index (χ2n) is 4.87. The van der Waals surface area contributed by atoms with Gasteiger partial charge in [0.05, 0.1) is 17.7 Å². The molecule has 0 aliphatic heterocycles. The third-order valence-corrected chi connectivity index (χ3v) is 4.32. The van der Waals surface area contributed by atoms with Crippen molar-refractivity contribution in [2.75, 3.05) is 17.6 Å². The zero-order chi connectivity index (χ0) is 15.6. The number of hydrogen-bond donors (Lipinski definition) is 3. The number of hydrogen-bond acceptors (Lipinski definition) is 5. The van der Waals surface area contributed by atoms with Crippen LogP contribution in [0.2, 0.25) is 0 Å². The van der Waals surface area contributed by atoms with Crippen LogP contribution < -0.4 is 15.2 Å². The van der Waals surface area contributed by atoms with Gasteiger partial charge >= 0.3 is 0 Å². The molecule has 0 aliphatic rings. The van der Waals surface area contributed by atoms with E-state index in [1.165, 1.54) is 25.3 Å². The van der Waals surface area contributed by atoms with Crippen molar-refractivity contribution < 1.29 is 13.2 Å². The number of nitrogens with zero attached hydrogens (tertiary/aromatic N) is 1. The number of H-pyrrole nitrogens is 1. The van der Waals surface area contributed by atoms with Crippen LogP contribution in [0.15, 0.2) is 29.2 Å². The van der Waals surface area contributed by atoms with Gasteiger partial charge in [0, 0.05) is 11.8 Å². The number of rotatable bonds is 5. The molecule has 1 aromatic heterocycles. The Labute approximate surface area is 123 Å². The monoisotopic (exact) mass is 310 g/mol. The van der Waals surface area contributed by atoms with E-state index in [0.717, 1.165) is 5.69 Å². The van der Waals surface area contributed by atoms with Crippen molar-refractivity contribution in [2.45, 2.75) is 24.7 Å². The summed E-state index contributed by atoms with van der Waals surface area (Å²) in [5.74, 6) is 0.899. The highest BCUT2D eigenvalue weighted by Gasteiger charge is 2.17. The van der Waals surface area contributed by atoms with Gasteiger partial charge in [-0.1, -0.05) is 13.8 Å². The van der Waals surface area contributed by atoms with Gasteiger partial charge in [-0.05, 0) is 24.1 Å². The van der Waals surface area contributed by atoms with E-state index in [1.807, 2.05) is 13.8 Å². The molecule has 0 spiro atoms. The molecule has 0 atom stereocenters. The Kier molecular flexibility index (Phi) is 4.08. The predicted molar refractivity (Wildman–Crippen MR) is 80.9 cm³/mol. The maximum absolute atomic E-state index is 12.3. The minimum Gasteiger partial charge on any atom is -0.495 e. The Balaban J connectivity index is 2.27. The van der Waals surface area contributed by atoms with Crippen LogP contribution in [-0.4, -0.2) is 25.7 Å². The number of nitrogen functional groups attached to an aromatic ring is 1. The topological polar surface area (TPSA) is 110 Å². The van der Waals surface area contributed by atoms with Gasteiger partial charge in [-0.2, -0.15) is 5.10 Å². The van der Waals surface area contributed by atoms with Gasteiger partial charge in [0.1, 0.15) is 5.75 Å². The summed E-state index contributed by atoms with van der Waals surface area (Å²) in [6.07, 6.45) is 0. The lowest BCUT2D eigenvalue weighted by Gasteiger charge is -2.08. The summed E-state index contributed by atoms with van der Waals surface area (Å²) in [5, 5.41) is 6.72. The largest absolute Gasteiger partial charge is 0.495 e. The molecule has 4 N–H and O–H groups in total. The van der Waals surface area contributed by atoms with Gasteiger partial charge in [0.25, 0.3) is 10.0 Å². The molecular weight excluding hydrogens is 292 g/mol. The fourth-order valence-corrected chi connectivity index (χ4v) is 2.79. The van der Waals surface area contributed by atoms with Gasteiger partial charge in [0.2, 0.25) is 0 Å². The van der Waals surface area contributed by atoms with E-state index >= 15 is 0 Å². The van der Waals surface area contributed by atoms with Crippen LogP contribution in [0.5, 0.6) is 5.75 Å². The van der Waals surface area contributed by atoms with Gasteiger partial charge in [-0.15, -0.1) is 0 Å². The molecule has 1 heterocycles. The SMILES string of the molecule is COc1ccc(S(=O)(=O)Nc2cc(C(C)C)[nH]n2)cc1N. The minimum atomic E-state index is -3.74. The number of nitrogens with one attached hydrogen (secondary N) is 2. The molecule has 7 nitrogen and oxygen atoms in total. The molecule has 0 saturated carbocycles. The van der Waals surface area contributed by atoms with Crippen molar-refractivity contribution in [1.29, 1.82) is 0 Å². The molecule has 0 unspecified atom stereocenters.